The highest BCUT2D eigenvalue weighted by atomic mass is 16.6. The molecule has 0 aliphatic carbocycles. The van der Waals surface area contributed by atoms with Crippen molar-refractivity contribution in [1.82, 2.24) is 5.01 Å². The van der Waals surface area contributed by atoms with Crippen LogP contribution in [0.5, 0.6) is 5.75 Å². The molecule has 2 aliphatic rings. The van der Waals surface area contributed by atoms with Crippen LogP contribution in [0.4, 0.5) is 0 Å². The molecule has 0 N–H and O–H groups in total. The van der Waals surface area contributed by atoms with Crippen molar-refractivity contribution in [3.8, 4) is 5.75 Å². The number of ether oxygens (including phenoxy) is 3. The van der Waals surface area contributed by atoms with E-state index in [0.29, 0.717) is 25.2 Å². The zero-order valence-corrected chi connectivity index (χ0v) is 16.1. The summed E-state index contributed by atoms with van der Waals surface area (Å²) in [5, 5.41) is 5.84. The van der Waals surface area contributed by atoms with Crippen LogP contribution in [0, 0.1) is 0 Å². The maximum Gasteiger partial charge on any atom is 0.335 e. The maximum atomic E-state index is 12.8. The molecule has 0 unspecified atom stereocenters. The van der Waals surface area contributed by atoms with Crippen molar-refractivity contribution in [2.45, 2.75) is 31.4 Å². The van der Waals surface area contributed by atoms with Crippen LogP contribution in [0.1, 0.15) is 36.6 Å². The van der Waals surface area contributed by atoms with Crippen LogP contribution in [-0.4, -0.2) is 49.0 Å². The summed E-state index contributed by atoms with van der Waals surface area (Å²) in [6, 6.07) is 10.6. The summed E-state index contributed by atoms with van der Waals surface area (Å²) in [6.45, 7) is 0.144. The Balaban J connectivity index is 1.49. The van der Waals surface area contributed by atoms with Gasteiger partial charge in [0.15, 0.2) is 12.7 Å². The fourth-order valence-electron chi connectivity index (χ4n) is 3.46. The summed E-state index contributed by atoms with van der Waals surface area (Å²) in [4.78, 5) is 24.8. The fraction of sp³-hybridized carbons (Fsp3) is 0.381. The molecule has 2 aromatic rings. The Hall–Kier alpha value is -3.13. The molecular weight excluding hydrogens is 376 g/mol. The highest BCUT2D eigenvalue weighted by Crippen LogP contribution is 2.33. The van der Waals surface area contributed by atoms with Gasteiger partial charge < -0.3 is 18.6 Å². The number of hydrazone groups is 1. The molecular formula is C21H22N2O6. The Morgan fingerprint density at radius 2 is 2.07 bits per heavy atom. The largest absolute Gasteiger partial charge is 0.497 e. The Bertz CT molecular complexity index is 884. The highest BCUT2D eigenvalue weighted by molar-refractivity contribution is 6.03. The molecule has 4 rings (SSSR count). The second kappa shape index (κ2) is 8.48. The second-order valence-corrected chi connectivity index (χ2v) is 6.86. The van der Waals surface area contributed by atoms with E-state index < -0.39 is 30.6 Å². The first-order valence-electron chi connectivity index (χ1n) is 9.51. The number of carbonyl (C=O) groups is 2. The number of hydrogen-bond acceptors (Lipinski definition) is 7. The lowest BCUT2D eigenvalue weighted by Crippen LogP contribution is -2.33. The third-order valence-corrected chi connectivity index (χ3v) is 4.99. The number of carbonyl (C=O) groups excluding carboxylic acids is 2. The molecule has 2 aliphatic heterocycles. The molecule has 29 heavy (non-hydrogen) atoms. The topological polar surface area (TPSA) is 90.6 Å². The molecule has 1 amide bonds. The zero-order valence-electron chi connectivity index (χ0n) is 16.1. The molecule has 152 valence electrons. The Morgan fingerprint density at radius 3 is 2.72 bits per heavy atom. The Kier molecular flexibility index (Phi) is 5.62. The van der Waals surface area contributed by atoms with E-state index >= 15 is 0 Å². The van der Waals surface area contributed by atoms with E-state index in [2.05, 4.69) is 5.10 Å². The summed E-state index contributed by atoms with van der Waals surface area (Å²) in [5.41, 5.74) is 1.63. The van der Waals surface area contributed by atoms with Crippen molar-refractivity contribution in [2.24, 2.45) is 5.10 Å². The summed E-state index contributed by atoms with van der Waals surface area (Å²) in [6.07, 6.45) is 2.90. The van der Waals surface area contributed by atoms with Crippen molar-refractivity contribution < 1.29 is 28.2 Å². The second-order valence-electron chi connectivity index (χ2n) is 6.86. The number of hydrogen-bond donors (Lipinski definition) is 0. The fourth-order valence-corrected chi connectivity index (χ4v) is 3.46. The Labute approximate surface area is 168 Å². The van der Waals surface area contributed by atoms with Gasteiger partial charge in [-0.3, -0.25) is 4.79 Å². The van der Waals surface area contributed by atoms with Crippen LogP contribution in [0.3, 0.4) is 0 Å². The van der Waals surface area contributed by atoms with Gasteiger partial charge in [0.25, 0.3) is 5.91 Å². The van der Waals surface area contributed by atoms with Gasteiger partial charge in [0.1, 0.15) is 17.6 Å². The van der Waals surface area contributed by atoms with E-state index in [4.69, 9.17) is 18.6 Å². The van der Waals surface area contributed by atoms with Crippen LogP contribution in [0.2, 0.25) is 0 Å². The molecule has 1 aromatic heterocycles. The van der Waals surface area contributed by atoms with E-state index in [1.165, 1.54) is 5.01 Å². The minimum Gasteiger partial charge on any atom is -0.497 e. The lowest BCUT2D eigenvalue weighted by Gasteiger charge is -2.20. The predicted octanol–water partition coefficient (Wildman–Crippen LogP) is 2.69. The quantitative estimate of drug-likeness (QED) is 0.695. The van der Waals surface area contributed by atoms with E-state index in [9.17, 15) is 9.59 Å². The van der Waals surface area contributed by atoms with Crippen LogP contribution in [0.15, 0.2) is 52.2 Å². The van der Waals surface area contributed by atoms with Crippen LogP contribution >= 0.6 is 0 Å². The number of benzene rings is 1. The maximum absolute atomic E-state index is 12.8. The first kappa shape index (κ1) is 19.2. The van der Waals surface area contributed by atoms with Gasteiger partial charge in [-0.1, -0.05) is 0 Å². The third-order valence-electron chi connectivity index (χ3n) is 4.99. The molecule has 0 radical (unpaired) electrons. The SMILES string of the molecule is COc1ccc(C2=NN(C(=O)COC(=O)[C@H]3CCCO3)[C@@H](c3ccco3)C2)cc1. The summed E-state index contributed by atoms with van der Waals surface area (Å²) in [7, 11) is 1.60. The number of furan rings is 1. The standard InChI is InChI=1S/C21H22N2O6/c1-26-15-8-6-14(7-9-15)16-12-17(18-4-2-10-27-18)23(22-16)20(24)13-29-21(25)19-5-3-11-28-19/h2,4,6-10,17,19H,3,5,11-13H2,1H3/t17-,19-/m1/s1. The number of esters is 1. The average Bonchev–Trinajstić information content (AvgIpc) is 3.52. The van der Waals surface area contributed by atoms with Gasteiger partial charge in [-0.15, -0.1) is 0 Å². The third kappa shape index (κ3) is 4.17. The zero-order chi connectivity index (χ0) is 20.2. The van der Waals surface area contributed by atoms with Crippen molar-refractivity contribution in [1.29, 1.82) is 0 Å². The van der Waals surface area contributed by atoms with Gasteiger partial charge in [0, 0.05) is 13.0 Å². The molecule has 0 spiro atoms. The summed E-state index contributed by atoms with van der Waals surface area (Å²) >= 11 is 0. The van der Waals surface area contributed by atoms with E-state index in [1.54, 1.807) is 25.5 Å². The van der Waals surface area contributed by atoms with Crippen LogP contribution in [-0.2, 0) is 19.1 Å². The lowest BCUT2D eigenvalue weighted by molar-refractivity contribution is -0.160. The van der Waals surface area contributed by atoms with Crippen molar-refractivity contribution >= 4 is 17.6 Å². The number of methoxy groups -OCH3 is 1. The molecule has 8 heteroatoms. The van der Waals surface area contributed by atoms with E-state index in [1.807, 2.05) is 24.3 Å². The molecule has 2 atom stereocenters. The minimum absolute atomic E-state index is 0.393. The highest BCUT2D eigenvalue weighted by Gasteiger charge is 2.36. The van der Waals surface area contributed by atoms with E-state index in [0.717, 1.165) is 23.4 Å². The van der Waals surface area contributed by atoms with Crippen molar-refractivity contribution in [3.05, 3.63) is 54.0 Å². The van der Waals surface area contributed by atoms with Crippen LogP contribution < -0.4 is 4.74 Å². The summed E-state index contributed by atoms with van der Waals surface area (Å²) in [5.74, 6) is 0.435. The molecule has 8 nitrogen and oxygen atoms in total. The molecule has 0 bridgehead atoms. The van der Waals surface area contributed by atoms with Gasteiger partial charge in [-0.05, 0) is 54.8 Å². The van der Waals surface area contributed by atoms with Gasteiger partial charge in [0.2, 0.25) is 0 Å². The molecule has 0 saturated carbocycles. The minimum atomic E-state index is -0.583. The monoisotopic (exact) mass is 398 g/mol. The van der Waals surface area contributed by atoms with Crippen molar-refractivity contribution in [3.63, 3.8) is 0 Å². The first-order valence-corrected chi connectivity index (χ1v) is 9.51. The molecule has 3 heterocycles. The van der Waals surface area contributed by atoms with Gasteiger partial charge in [-0.25, -0.2) is 9.80 Å². The van der Waals surface area contributed by atoms with Crippen molar-refractivity contribution in [2.75, 3.05) is 20.3 Å². The predicted molar refractivity (Wildman–Crippen MR) is 102 cm³/mol. The smallest absolute Gasteiger partial charge is 0.335 e. The van der Waals surface area contributed by atoms with Crippen LogP contribution in [0.25, 0.3) is 0 Å². The molecule has 1 fully saturated rings. The summed E-state index contributed by atoms with van der Waals surface area (Å²) < 4.78 is 21.2. The first-order chi connectivity index (χ1) is 14.2. The molecule has 1 saturated heterocycles. The normalized spacial score (nSPS) is 21.1. The lowest BCUT2D eigenvalue weighted by atomic mass is 10.0. The van der Waals surface area contributed by atoms with Gasteiger partial charge >= 0.3 is 5.97 Å². The van der Waals surface area contributed by atoms with E-state index in [-0.39, 0.29) is 0 Å². The van der Waals surface area contributed by atoms with Gasteiger partial charge in [-0.2, -0.15) is 5.10 Å². The van der Waals surface area contributed by atoms with Gasteiger partial charge in [0.05, 0.1) is 19.1 Å². The number of amides is 1. The number of rotatable bonds is 6. The average molecular weight is 398 g/mol. The molecule has 1 aromatic carbocycles. The number of nitrogens with zero attached hydrogens (tertiary/aromatic N) is 2. The Morgan fingerprint density at radius 1 is 1.24 bits per heavy atom.